The molecule has 1 aromatic carbocycles. The van der Waals surface area contributed by atoms with Crippen molar-refractivity contribution < 1.29 is 4.79 Å². The molecule has 0 spiro atoms. The summed E-state index contributed by atoms with van der Waals surface area (Å²) in [6, 6.07) is 6.75. The summed E-state index contributed by atoms with van der Waals surface area (Å²) in [4.78, 5) is 11.3. The summed E-state index contributed by atoms with van der Waals surface area (Å²) in [7, 11) is 0. The van der Waals surface area contributed by atoms with E-state index in [1.54, 1.807) is 24.3 Å². The maximum Gasteiger partial charge on any atom is 0.220 e. The van der Waals surface area contributed by atoms with Crippen molar-refractivity contribution in [2.45, 2.75) is 0 Å². The van der Waals surface area contributed by atoms with Crippen LogP contribution in [0, 0.1) is 12.3 Å². The van der Waals surface area contributed by atoms with Crippen LogP contribution in [0.4, 0.5) is 0 Å². The highest BCUT2D eigenvalue weighted by Crippen LogP contribution is 2.15. The third-order valence-corrected chi connectivity index (χ3v) is 2.43. The third-order valence-electron chi connectivity index (χ3n) is 1.37. The Labute approximate surface area is 86.5 Å². The van der Waals surface area contributed by atoms with Crippen molar-refractivity contribution in [2.75, 3.05) is 5.75 Å². The van der Waals surface area contributed by atoms with Crippen LogP contribution in [0.5, 0.6) is 0 Å². The monoisotopic (exact) mass is 210 g/mol. The average molecular weight is 211 g/mol. The van der Waals surface area contributed by atoms with Gasteiger partial charge in [0.05, 0.1) is 5.75 Å². The Morgan fingerprint density at radius 3 is 2.62 bits per heavy atom. The molecule has 0 N–H and O–H groups in total. The number of hydrogen-bond acceptors (Lipinski definition) is 2. The highest BCUT2D eigenvalue weighted by Gasteiger charge is 2.04. The van der Waals surface area contributed by atoms with Crippen molar-refractivity contribution in [2.24, 2.45) is 0 Å². The quantitative estimate of drug-likeness (QED) is 0.699. The molecule has 0 aromatic heterocycles. The predicted molar refractivity (Wildman–Crippen MR) is 57.1 cm³/mol. The number of halogens is 1. The van der Waals surface area contributed by atoms with Gasteiger partial charge in [0.2, 0.25) is 5.12 Å². The molecule has 0 amide bonds. The molecule has 0 fully saturated rings. The van der Waals surface area contributed by atoms with Gasteiger partial charge in [-0.1, -0.05) is 29.3 Å². The molecule has 0 aliphatic carbocycles. The zero-order valence-electron chi connectivity index (χ0n) is 6.79. The highest BCUT2D eigenvalue weighted by molar-refractivity contribution is 8.14. The number of terminal acetylenes is 1. The summed E-state index contributed by atoms with van der Waals surface area (Å²) in [5, 5.41) is 0.605. The lowest BCUT2D eigenvalue weighted by molar-refractivity contribution is 0.108. The van der Waals surface area contributed by atoms with Gasteiger partial charge in [0.1, 0.15) is 0 Å². The lowest BCUT2D eigenvalue weighted by Gasteiger charge is -1.97. The van der Waals surface area contributed by atoms with E-state index in [0.29, 0.717) is 16.3 Å². The average Bonchev–Trinajstić information content (AvgIpc) is 2.15. The molecule has 1 rings (SSSR count). The number of carbonyl (C=O) groups excluding carboxylic acids is 1. The maximum atomic E-state index is 11.3. The smallest absolute Gasteiger partial charge is 0.220 e. The van der Waals surface area contributed by atoms with Crippen LogP contribution >= 0.6 is 23.4 Å². The fourth-order valence-electron chi connectivity index (χ4n) is 0.777. The molecule has 1 aromatic rings. The zero-order valence-corrected chi connectivity index (χ0v) is 8.36. The molecule has 0 aliphatic rings. The normalized spacial score (nSPS) is 9.23. The number of rotatable bonds is 2. The Balaban J connectivity index is 2.68. The Hall–Kier alpha value is -0.910. The van der Waals surface area contributed by atoms with Crippen LogP contribution in [0.25, 0.3) is 0 Å². The summed E-state index contributed by atoms with van der Waals surface area (Å²) in [6.45, 7) is 0. The molecule has 0 atom stereocenters. The van der Waals surface area contributed by atoms with Crippen LogP contribution in [0.2, 0.25) is 5.02 Å². The SMILES string of the molecule is C#CCSC(=O)c1ccc(Cl)cc1. The standard InChI is InChI=1S/C10H7ClOS/c1-2-7-13-10(12)8-3-5-9(11)6-4-8/h1,3-6H,7H2. The molecule has 1 nitrogen and oxygen atoms in total. The highest BCUT2D eigenvalue weighted by atomic mass is 35.5. The molecular formula is C10H7ClOS. The van der Waals surface area contributed by atoms with Crippen LogP contribution < -0.4 is 0 Å². The van der Waals surface area contributed by atoms with Gasteiger partial charge >= 0.3 is 0 Å². The second kappa shape index (κ2) is 4.96. The Morgan fingerprint density at radius 2 is 2.08 bits per heavy atom. The van der Waals surface area contributed by atoms with Gasteiger partial charge in [-0.3, -0.25) is 4.79 Å². The van der Waals surface area contributed by atoms with Crippen LogP contribution in [-0.4, -0.2) is 10.9 Å². The van der Waals surface area contributed by atoms with Crippen molar-refractivity contribution in [3.8, 4) is 12.3 Å². The van der Waals surface area contributed by atoms with Gasteiger partial charge in [0, 0.05) is 10.6 Å². The molecule has 66 valence electrons. The summed E-state index contributed by atoms with van der Waals surface area (Å²) >= 11 is 6.79. The predicted octanol–water partition coefficient (Wildman–Crippen LogP) is 2.85. The van der Waals surface area contributed by atoms with Gasteiger partial charge in [-0.15, -0.1) is 6.42 Å². The Morgan fingerprint density at radius 1 is 1.46 bits per heavy atom. The van der Waals surface area contributed by atoms with E-state index in [-0.39, 0.29) is 5.12 Å². The topological polar surface area (TPSA) is 17.1 Å². The van der Waals surface area contributed by atoms with E-state index in [1.807, 2.05) is 0 Å². The minimum absolute atomic E-state index is 0.0189. The first-order valence-electron chi connectivity index (χ1n) is 3.60. The zero-order chi connectivity index (χ0) is 9.68. The number of benzene rings is 1. The summed E-state index contributed by atoms with van der Waals surface area (Å²) < 4.78 is 0. The van der Waals surface area contributed by atoms with Gasteiger partial charge in [-0.05, 0) is 24.3 Å². The minimum Gasteiger partial charge on any atom is -0.282 e. The van der Waals surface area contributed by atoms with Crippen molar-refractivity contribution in [1.29, 1.82) is 0 Å². The molecule has 0 saturated heterocycles. The van der Waals surface area contributed by atoms with Crippen LogP contribution in [-0.2, 0) is 0 Å². The van der Waals surface area contributed by atoms with Gasteiger partial charge in [0.15, 0.2) is 0 Å². The number of hydrogen-bond donors (Lipinski definition) is 0. The van der Waals surface area contributed by atoms with Gasteiger partial charge < -0.3 is 0 Å². The minimum atomic E-state index is -0.0189. The summed E-state index contributed by atoms with van der Waals surface area (Å²) in [5.74, 6) is 2.80. The van der Waals surface area contributed by atoms with E-state index in [2.05, 4.69) is 5.92 Å². The molecule has 0 unspecified atom stereocenters. The second-order valence-electron chi connectivity index (χ2n) is 2.29. The first-order chi connectivity index (χ1) is 6.24. The van der Waals surface area contributed by atoms with Gasteiger partial charge in [-0.25, -0.2) is 0 Å². The lowest BCUT2D eigenvalue weighted by atomic mass is 10.2. The van der Waals surface area contributed by atoms with E-state index in [1.165, 1.54) is 0 Å². The number of carbonyl (C=O) groups is 1. The van der Waals surface area contributed by atoms with Crippen molar-refractivity contribution in [3.63, 3.8) is 0 Å². The Kier molecular flexibility index (Phi) is 3.88. The van der Waals surface area contributed by atoms with Crippen LogP contribution in [0.15, 0.2) is 24.3 Å². The van der Waals surface area contributed by atoms with Gasteiger partial charge in [0.25, 0.3) is 0 Å². The van der Waals surface area contributed by atoms with E-state index >= 15 is 0 Å². The van der Waals surface area contributed by atoms with E-state index < -0.39 is 0 Å². The van der Waals surface area contributed by atoms with Crippen molar-refractivity contribution >= 4 is 28.5 Å². The van der Waals surface area contributed by atoms with E-state index in [4.69, 9.17) is 18.0 Å². The molecule has 13 heavy (non-hydrogen) atoms. The van der Waals surface area contributed by atoms with E-state index in [0.717, 1.165) is 11.8 Å². The van der Waals surface area contributed by atoms with Crippen LogP contribution in [0.3, 0.4) is 0 Å². The summed E-state index contributed by atoms with van der Waals surface area (Å²) in [6.07, 6.45) is 5.03. The van der Waals surface area contributed by atoms with E-state index in [9.17, 15) is 4.79 Å². The fraction of sp³-hybridized carbons (Fsp3) is 0.100. The molecule has 0 heterocycles. The maximum absolute atomic E-state index is 11.3. The largest absolute Gasteiger partial charge is 0.282 e. The first-order valence-corrected chi connectivity index (χ1v) is 4.96. The summed E-state index contributed by atoms with van der Waals surface area (Å²) in [5.41, 5.74) is 0.629. The van der Waals surface area contributed by atoms with Crippen molar-refractivity contribution in [1.82, 2.24) is 0 Å². The molecule has 0 radical (unpaired) electrons. The lowest BCUT2D eigenvalue weighted by Crippen LogP contribution is -1.93. The first kappa shape index (κ1) is 10.2. The fourth-order valence-corrected chi connectivity index (χ4v) is 1.42. The third kappa shape index (κ3) is 3.14. The molecular weight excluding hydrogens is 204 g/mol. The molecule has 0 bridgehead atoms. The molecule has 3 heteroatoms. The number of thioether (sulfide) groups is 1. The Bertz CT molecular complexity index is 337. The van der Waals surface area contributed by atoms with Gasteiger partial charge in [-0.2, -0.15) is 0 Å². The molecule has 0 saturated carbocycles. The molecule has 0 aliphatic heterocycles. The van der Waals surface area contributed by atoms with Crippen LogP contribution in [0.1, 0.15) is 10.4 Å². The second-order valence-corrected chi connectivity index (χ2v) is 3.67. The van der Waals surface area contributed by atoms with Crippen molar-refractivity contribution in [3.05, 3.63) is 34.9 Å².